The fourth-order valence-corrected chi connectivity index (χ4v) is 4.72. The van der Waals surface area contributed by atoms with Crippen molar-refractivity contribution in [1.82, 2.24) is 25.2 Å². The van der Waals surface area contributed by atoms with Gasteiger partial charge in [-0.05, 0) is 24.6 Å². The first kappa shape index (κ1) is 23.7. The number of fused-ring (bicyclic) bond motifs is 1. The lowest BCUT2D eigenvalue weighted by Gasteiger charge is -2.12. The normalized spacial score (nSPS) is 11.0. The summed E-state index contributed by atoms with van der Waals surface area (Å²) >= 11 is 1.33. The number of benzene rings is 3. The number of hydrogen-bond donors (Lipinski definition) is 1. The largest absolute Gasteiger partial charge is 0.302 e. The minimum absolute atomic E-state index is 0.166. The maximum Gasteiger partial charge on any atom is 0.254 e. The minimum atomic E-state index is -0.233. The lowest BCUT2D eigenvalue weighted by Crippen LogP contribution is -2.25. The molecule has 0 saturated heterocycles. The average molecular weight is 496 g/mol. The third-order valence-corrected chi connectivity index (χ3v) is 6.63. The van der Waals surface area contributed by atoms with E-state index in [0.29, 0.717) is 18.3 Å². The quantitative estimate of drug-likeness (QED) is 0.214. The molecule has 36 heavy (non-hydrogen) atoms. The number of hydrogen-bond acceptors (Lipinski definition) is 6. The summed E-state index contributed by atoms with van der Waals surface area (Å²) in [5.74, 6) is 0.680. The molecule has 8 heteroatoms. The van der Waals surface area contributed by atoms with E-state index >= 15 is 0 Å². The zero-order chi connectivity index (χ0) is 24.7. The number of carbonyl (C=O) groups excluding carboxylic acids is 1. The molecule has 0 fully saturated rings. The van der Waals surface area contributed by atoms with E-state index in [0.717, 1.165) is 39.1 Å². The van der Waals surface area contributed by atoms with Crippen LogP contribution >= 0.6 is 11.8 Å². The van der Waals surface area contributed by atoms with Crippen molar-refractivity contribution in [3.05, 3.63) is 96.6 Å². The summed E-state index contributed by atoms with van der Waals surface area (Å²) in [6, 6.07) is 29.9. The van der Waals surface area contributed by atoms with E-state index in [1.807, 2.05) is 96.4 Å². The van der Waals surface area contributed by atoms with Crippen molar-refractivity contribution in [2.75, 3.05) is 5.75 Å². The molecule has 0 aliphatic rings. The third-order valence-electron chi connectivity index (χ3n) is 5.66. The highest BCUT2D eigenvalue weighted by Crippen LogP contribution is 2.32. The van der Waals surface area contributed by atoms with Gasteiger partial charge in [0, 0.05) is 23.1 Å². The Hall–Kier alpha value is -4.01. The van der Waals surface area contributed by atoms with Gasteiger partial charge in [0.05, 0.1) is 23.6 Å². The molecule has 0 bridgehead atoms. The van der Waals surface area contributed by atoms with Gasteiger partial charge in [-0.3, -0.25) is 9.63 Å². The number of amides is 1. The number of nitrogens with zero attached hydrogens (tertiary/aromatic N) is 4. The highest BCUT2D eigenvalue weighted by Gasteiger charge is 2.18. The summed E-state index contributed by atoms with van der Waals surface area (Å²) in [7, 11) is 0. The van der Waals surface area contributed by atoms with Gasteiger partial charge in [0.15, 0.2) is 11.0 Å². The van der Waals surface area contributed by atoms with Crippen LogP contribution in [0.1, 0.15) is 12.5 Å². The zero-order valence-corrected chi connectivity index (χ0v) is 20.6. The number of para-hydroxylation sites is 1. The van der Waals surface area contributed by atoms with Crippen molar-refractivity contribution in [2.24, 2.45) is 0 Å². The number of hydroxylamine groups is 1. The first-order chi connectivity index (χ1) is 17.7. The molecule has 0 saturated carbocycles. The Balaban J connectivity index is 1.36. The monoisotopic (exact) mass is 495 g/mol. The summed E-state index contributed by atoms with van der Waals surface area (Å²) in [6.07, 6.45) is 0. The maximum absolute atomic E-state index is 12.3. The van der Waals surface area contributed by atoms with Crippen LogP contribution in [0.25, 0.3) is 33.5 Å². The predicted molar refractivity (Wildman–Crippen MR) is 142 cm³/mol. The van der Waals surface area contributed by atoms with Gasteiger partial charge in [0.1, 0.15) is 0 Å². The molecule has 5 aromatic rings. The molecule has 0 aliphatic carbocycles. The van der Waals surface area contributed by atoms with E-state index < -0.39 is 0 Å². The Morgan fingerprint density at radius 1 is 0.944 bits per heavy atom. The minimum Gasteiger partial charge on any atom is -0.302 e. The Morgan fingerprint density at radius 2 is 1.67 bits per heavy atom. The molecule has 0 unspecified atom stereocenters. The third kappa shape index (κ3) is 5.30. The molecular weight excluding hydrogens is 470 g/mol. The van der Waals surface area contributed by atoms with E-state index in [9.17, 15) is 4.79 Å². The number of thioether (sulfide) groups is 1. The van der Waals surface area contributed by atoms with Gasteiger partial charge in [-0.15, -0.1) is 10.2 Å². The molecule has 2 aromatic heterocycles. The van der Waals surface area contributed by atoms with Crippen molar-refractivity contribution in [1.29, 1.82) is 0 Å². The Kier molecular flexibility index (Phi) is 7.35. The van der Waals surface area contributed by atoms with Crippen LogP contribution in [0.5, 0.6) is 0 Å². The van der Waals surface area contributed by atoms with Crippen LogP contribution in [0.3, 0.4) is 0 Å². The number of rotatable bonds is 9. The number of carbonyl (C=O) groups is 1. The van der Waals surface area contributed by atoms with Crippen LogP contribution in [0, 0.1) is 0 Å². The summed E-state index contributed by atoms with van der Waals surface area (Å²) < 4.78 is 2.03. The molecule has 0 atom stereocenters. The van der Waals surface area contributed by atoms with Gasteiger partial charge >= 0.3 is 0 Å². The second kappa shape index (κ2) is 11.2. The molecule has 1 amide bonds. The van der Waals surface area contributed by atoms with Crippen molar-refractivity contribution in [3.63, 3.8) is 0 Å². The van der Waals surface area contributed by atoms with E-state index in [1.54, 1.807) is 0 Å². The first-order valence-corrected chi connectivity index (χ1v) is 12.7. The van der Waals surface area contributed by atoms with Crippen molar-refractivity contribution >= 4 is 28.6 Å². The van der Waals surface area contributed by atoms with Gasteiger partial charge in [-0.2, -0.15) is 0 Å². The molecule has 7 nitrogen and oxygen atoms in total. The van der Waals surface area contributed by atoms with Gasteiger partial charge in [-0.25, -0.2) is 10.5 Å². The lowest BCUT2D eigenvalue weighted by atomic mass is 10.0. The molecule has 0 radical (unpaired) electrons. The fraction of sp³-hybridized carbons (Fsp3) is 0.143. The standard InChI is InChI=1S/C28H25N5O2S/c1-2-33-27(30-31-28(33)36-19-26(34)32-35-18-20-11-5-3-6-12-20)23-17-25(21-13-7-4-8-14-21)29-24-16-10-9-15-22(23)24/h3-17H,2,18-19H2,1H3,(H,32,34). The summed E-state index contributed by atoms with van der Waals surface area (Å²) in [5.41, 5.74) is 7.25. The van der Waals surface area contributed by atoms with Crippen molar-refractivity contribution in [2.45, 2.75) is 25.2 Å². The van der Waals surface area contributed by atoms with Gasteiger partial charge < -0.3 is 4.57 Å². The molecule has 3 aromatic carbocycles. The highest BCUT2D eigenvalue weighted by atomic mass is 32.2. The number of pyridine rings is 1. The van der Waals surface area contributed by atoms with Crippen molar-refractivity contribution < 1.29 is 9.63 Å². The Morgan fingerprint density at radius 3 is 2.44 bits per heavy atom. The number of nitrogens with one attached hydrogen (secondary N) is 1. The molecule has 0 spiro atoms. The van der Waals surface area contributed by atoms with E-state index in [-0.39, 0.29) is 11.7 Å². The van der Waals surface area contributed by atoms with Crippen LogP contribution in [0.4, 0.5) is 0 Å². The van der Waals surface area contributed by atoms with Crippen LogP contribution in [-0.4, -0.2) is 31.4 Å². The van der Waals surface area contributed by atoms with Crippen LogP contribution in [0.2, 0.25) is 0 Å². The Bertz CT molecular complexity index is 1470. The summed E-state index contributed by atoms with van der Waals surface area (Å²) in [4.78, 5) is 22.6. The second-order valence-corrected chi connectivity index (χ2v) is 9.02. The molecule has 180 valence electrons. The topological polar surface area (TPSA) is 81.9 Å². The highest BCUT2D eigenvalue weighted by molar-refractivity contribution is 7.99. The van der Waals surface area contributed by atoms with Crippen LogP contribution in [0.15, 0.2) is 96.2 Å². The predicted octanol–water partition coefficient (Wildman–Crippen LogP) is 5.52. The SMILES string of the molecule is CCn1c(SCC(=O)NOCc2ccccc2)nnc1-c1cc(-c2ccccc2)nc2ccccc12. The summed E-state index contributed by atoms with van der Waals surface area (Å²) in [5, 5.41) is 10.6. The molecule has 5 rings (SSSR count). The molecule has 1 N–H and O–H groups in total. The maximum atomic E-state index is 12.3. The second-order valence-electron chi connectivity index (χ2n) is 8.08. The van der Waals surface area contributed by atoms with Crippen LogP contribution in [-0.2, 0) is 22.8 Å². The summed E-state index contributed by atoms with van der Waals surface area (Å²) in [6.45, 7) is 3.01. The molecule has 0 aliphatic heterocycles. The Labute approximate surface area is 213 Å². The van der Waals surface area contributed by atoms with Gasteiger partial charge in [-0.1, -0.05) is 90.6 Å². The smallest absolute Gasteiger partial charge is 0.254 e. The number of aromatic nitrogens is 4. The van der Waals surface area contributed by atoms with Crippen LogP contribution < -0.4 is 5.48 Å². The molecule has 2 heterocycles. The van der Waals surface area contributed by atoms with E-state index in [1.165, 1.54) is 11.8 Å². The average Bonchev–Trinajstić information content (AvgIpc) is 3.35. The van der Waals surface area contributed by atoms with Gasteiger partial charge in [0.2, 0.25) is 0 Å². The van der Waals surface area contributed by atoms with E-state index in [4.69, 9.17) is 9.82 Å². The molecular formula is C28H25N5O2S. The first-order valence-electron chi connectivity index (χ1n) is 11.7. The van der Waals surface area contributed by atoms with Crippen molar-refractivity contribution in [3.8, 4) is 22.6 Å². The fourth-order valence-electron chi connectivity index (χ4n) is 3.93. The van der Waals surface area contributed by atoms with Gasteiger partial charge in [0.25, 0.3) is 5.91 Å². The zero-order valence-electron chi connectivity index (χ0n) is 19.8. The lowest BCUT2D eigenvalue weighted by molar-refractivity contribution is -0.131. The van der Waals surface area contributed by atoms with E-state index in [2.05, 4.69) is 21.7 Å².